The molecule has 5 heteroatoms. The maximum absolute atomic E-state index is 11.9. The number of amides is 1. The van der Waals surface area contributed by atoms with Crippen molar-refractivity contribution in [2.45, 2.75) is 19.9 Å². The number of hydrogen-bond donors (Lipinski definition) is 2. The molecule has 1 aromatic carbocycles. The molecule has 19 heavy (non-hydrogen) atoms. The van der Waals surface area contributed by atoms with Gasteiger partial charge in [0.25, 0.3) is 0 Å². The molecule has 1 aliphatic heterocycles. The third kappa shape index (κ3) is 4.44. The van der Waals surface area contributed by atoms with Crippen LogP contribution in [0.1, 0.15) is 13.8 Å². The fourth-order valence-electron chi connectivity index (χ4n) is 1.69. The first-order chi connectivity index (χ1) is 9.15. The average Bonchev–Trinajstić information content (AvgIpc) is 2.92. The van der Waals surface area contributed by atoms with E-state index in [2.05, 4.69) is 24.5 Å². The molecule has 104 valence electrons. The highest BCUT2D eigenvalue weighted by molar-refractivity contribution is 7.99. The van der Waals surface area contributed by atoms with Gasteiger partial charge in [-0.05, 0) is 30.2 Å². The van der Waals surface area contributed by atoms with Crippen molar-refractivity contribution in [2.24, 2.45) is 5.92 Å². The number of ether oxygens (including phenoxy) is 1. The largest absolute Gasteiger partial charge is 0.493 e. The number of carbonyl (C=O) groups is 1. The fourth-order valence-corrected chi connectivity index (χ4v) is 2.63. The van der Waals surface area contributed by atoms with Crippen LogP contribution in [0.15, 0.2) is 24.3 Å². The fraction of sp³-hybridized carbons (Fsp3) is 0.500. The van der Waals surface area contributed by atoms with Crippen LogP contribution in [0.3, 0.4) is 0 Å². The zero-order valence-corrected chi connectivity index (χ0v) is 12.1. The van der Waals surface area contributed by atoms with E-state index >= 15 is 0 Å². The maximum Gasteiger partial charge on any atom is 0.242 e. The van der Waals surface area contributed by atoms with Crippen molar-refractivity contribution in [3.05, 3.63) is 24.3 Å². The quantitative estimate of drug-likeness (QED) is 0.869. The lowest BCUT2D eigenvalue weighted by Crippen LogP contribution is -2.37. The van der Waals surface area contributed by atoms with E-state index in [9.17, 15) is 4.79 Å². The van der Waals surface area contributed by atoms with E-state index in [4.69, 9.17) is 4.74 Å². The van der Waals surface area contributed by atoms with Crippen LogP contribution in [0.5, 0.6) is 5.75 Å². The van der Waals surface area contributed by atoms with E-state index in [1.54, 1.807) is 11.8 Å². The first-order valence-corrected chi connectivity index (χ1v) is 7.65. The molecule has 1 fully saturated rings. The van der Waals surface area contributed by atoms with Gasteiger partial charge in [-0.1, -0.05) is 13.8 Å². The predicted octanol–water partition coefficient (Wildman–Crippen LogP) is 2.32. The normalized spacial score (nSPS) is 18.6. The number of benzene rings is 1. The second-order valence-corrected chi connectivity index (χ2v) is 6.02. The molecule has 1 amide bonds. The molecule has 1 aliphatic rings. The Morgan fingerprint density at radius 2 is 2.21 bits per heavy atom. The van der Waals surface area contributed by atoms with E-state index in [-0.39, 0.29) is 11.9 Å². The van der Waals surface area contributed by atoms with Gasteiger partial charge in [0.15, 0.2) is 0 Å². The van der Waals surface area contributed by atoms with Crippen LogP contribution in [0.25, 0.3) is 0 Å². The molecule has 0 bridgehead atoms. The van der Waals surface area contributed by atoms with Crippen LogP contribution < -0.4 is 15.4 Å². The summed E-state index contributed by atoms with van der Waals surface area (Å²) in [5.74, 6) is 3.05. The molecule has 1 atom stereocenters. The lowest BCUT2D eigenvalue weighted by atomic mass is 10.2. The van der Waals surface area contributed by atoms with Crippen molar-refractivity contribution in [1.29, 1.82) is 0 Å². The lowest BCUT2D eigenvalue weighted by Gasteiger charge is -2.12. The second kappa shape index (κ2) is 6.82. The molecule has 0 radical (unpaired) electrons. The minimum atomic E-state index is -0.0816. The van der Waals surface area contributed by atoms with Crippen LogP contribution in [-0.4, -0.2) is 30.2 Å². The van der Waals surface area contributed by atoms with E-state index in [1.807, 2.05) is 24.3 Å². The second-order valence-electron chi connectivity index (χ2n) is 4.99. The van der Waals surface area contributed by atoms with Crippen molar-refractivity contribution in [2.75, 3.05) is 23.6 Å². The Bertz CT molecular complexity index is 414. The minimum absolute atomic E-state index is 0.0286. The highest BCUT2D eigenvalue weighted by Crippen LogP contribution is 2.17. The maximum atomic E-state index is 11.9. The smallest absolute Gasteiger partial charge is 0.242 e. The van der Waals surface area contributed by atoms with Crippen LogP contribution >= 0.6 is 11.8 Å². The Kier molecular flexibility index (Phi) is 5.10. The van der Waals surface area contributed by atoms with E-state index in [0.29, 0.717) is 12.5 Å². The highest BCUT2D eigenvalue weighted by Gasteiger charge is 2.22. The Morgan fingerprint density at radius 1 is 1.47 bits per heavy atom. The third-order valence-electron chi connectivity index (χ3n) is 2.74. The number of hydrogen-bond acceptors (Lipinski definition) is 4. The molecule has 0 saturated carbocycles. The first kappa shape index (κ1) is 14.2. The Hall–Kier alpha value is -1.20. The Morgan fingerprint density at radius 3 is 2.79 bits per heavy atom. The topological polar surface area (TPSA) is 50.4 Å². The van der Waals surface area contributed by atoms with Gasteiger partial charge < -0.3 is 10.1 Å². The predicted molar refractivity (Wildman–Crippen MR) is 79.7 cm³/mol. The molecular weight excluding hydrogens is 260 g/mol. The molecule has 2 rings (SSSR count). The molecule has 0 aromatic heterocycles. The highest BCUT2D eigenvalue weighted by atomic mass is 32.2. The van der Waals surface area contributed by atoms with Gasteiger partial charge in [-0.15, -0.1) is 11.8 Å². The third-order valence-corrected chi connectivity index (χ3v) is 3.68. The molecule has 0 aliphatic carbocycles. The standard InChI is InChI=1S/C14H20N2O2S/c1-10(2)7-18-12-5-3-11(4-6-12)16-14(17)13-8-19-9-15-13/h3-6,10,13,15H,7-9H2,1-2H3,(H,16,17). The molecule has 1 saturated heterocycles. The summed E-state index contributed by atoms with van der Waals surface area (Å²) < 4.78 is 5.60. The van der Waals surface area contributed by atoms with Crippen molar-refractivity contribution in [3.63, 3.8) is 0 Å². The summed E-state index contributed by atoms with van der Waals surface area (Å²) in [5.41, 5.74) is 0.806. The summed E-state index contributed by atoms with van der Waals surface area (Å²) >= 11 is 1.74. The van der Waals surface area contributed by atoms with Crippen molar-refractivity contribution < 1.29 is 9.53 Å². The SMILES string of the molecule is CC(C)COc1ccc(NC(=O)C2CSCN2)cc1. The molecule has 1 aromatic rings. The van der Waals surface area contributed by atoms with Crippen molar-refractivity contribution in [3.8, 4) is 5.75 Å². The summed E-state index contributed by atoms with van der Waals surface area (Å²) in [6.45, 7) is 4.93. The molecule has 2 N–H and O–H groups in total. The molecule has 0 spiro atoms. The number of thioether (sulfide) groups is 1. The van der Waals surface area contributed by atoms with Crippen LogP contribution in [0, 0.1) is 5.92 Å². The molecule has 4 nitrogen and oxygen atoms in total. The van der Waals surface area contributed by atoms with Gasteiger partial charge >= 0.3 is 0 Å². The summed E-state index contributed by atoms with van der Waals surface area (Å²) in [5, 5.41) is 6.05. The van der Waals surface area contributed by atoms with Gasteiger partial charge in [-0.3, -0.25) is 10.1 Å². The first-order valence-electron chi connectivity index (χ1n) is 6.50. The van der Waals surface area contributed by atoms with Gasteiger partial charge in [0.1, 0.15) is 5.75 Å². The van der Waals surface area contributed by atoms with E-state index in [1.165, 1.54) is 0 Å². The zero-order valence-electron chi connectivity index (χ0n) is 11.3. The molecular formula is C14H20N2O2S. The minimum Gasteiger partial charge on any atom is -0.493 e. The number of anilines is 1. The summed E-state index contributed by atoms with van der Waals surface area (Å²) in [6.07, 6.45) is 0. The summed E-state index contributed by atoms with van der Waals surface area (Å²) in [6, 6.07) is 7.43. The van der Waals surface area contributed by atoms with Crippen molar-refractivity contribution >= 4 is 23.4 Å². The van der Waals surface area contributed by atoms with Gasteiger partial charge in [0.05, 0.1) is 12.6 Å². The van der Waals surface area contributed by atoms with Crippen molar-refractivity contribution in [1.82, 2.24) is 5.32 Å². The molecule has 1 heterocycles. The van der Waals surface area contributed by atoms with Crippen LogP contribution in [0.4, 0.5) is 5.69 Å². The number of nitrogens with one attached hydrogen (secondary N) is 2. The van der Waals surface area contributed by atoms with Gasteiger partial charge in [0.2, 0.25) is 5.91 Å². The summed E-state index contributed by atoms with van der Waals surface area (Å²) in [4.78, 5) is 11.9. The average molecular weight is 280 g/mol. The monoisotopic (exact) mass is 280 g/mol. The van der Waals surface area contributed by atoms with Gasteiger partial charge in [-0.25, -0.2) is 0 Å². The number of rotatable bonds is 5. The van der Waals surface area contributed by atoms with Crippen LogP contribution in [0.2, 0.25) is 0 Å². The Labute approximate surface area is 118 Å². The lowest BCUT2D eigenvalue weighted by molar-refractivity contribution is -0.117. The van der Waals surface area contributed by atoms with E-state index in [0.717, 1.165) is 23.1 Å². The molecule has 1 unspecified atom stereocenters. The summed E-state index contributed by atoms with van der Waals surface area (Å²) in [7, 11) is 0. The van der Waals surface area contributed by atoms with E-state index < -0.39 is 0 Å². The Balaban J connectivity index is 1.85. The zero-order chi connectivity index (χ0) is 13.7. The van der Waals surface area contributed by atoms with Gasteiger partial charge in [0, 0.05) is 17.3 Å². The number of carbonyl (C=O) groups excluding carboxylic acids is 1. The van der Waals surface area contributed by atoms with Crippen LogP contribution in [-0.2, 0) is 4.79 Å². The van der Waals surface area contributed by atoms with Gasteiger partial charge in [-0.2, -0.15) is 0 Å².